The Kier molecular flexibility index (Phi) is 7.09. The predicted molar refractivity (Wildman–Crippen MR) is 120 cm³/mol. The van der Waals surface area contributed by atoms with Crippen molar-refractivity contribution in [2.75, 3.05) is 40.6 Å². The third kappa shape index (κ3) is 6.35. The molecule has 0 saturated carbocycles. The zero-order chi connectivity index (χ0) is 22.3. The Morgan fingerprint density at radius 3 is 1.66 bits per heavy atom. The summed E-state index contributed by atoms with van der Waals surface area (Å²) in [6.07, 6.45) is 6.79. The molecule has 0 aromatic heterocycles. The van der Waals surface area contributed by atoms with Crippen LogP contribution in [-0.4, -0.2) is 58.6 Å². The van der Waals surface area contributed by atoms with E-state index in [1.807, 2.05) is 24.3 Å². The molecular weight excluding hydrogens is 412 g/mol. The summed E-state index contributed by atoms with van der Waals surface area (Å²) in [6, 6.07) is 11.0. The molecule has 2 atom stereocenters. The van der Waals surface area contributed by atoms with Crippen LogP contribution in [0.15, 0.2) is 48.6 Å². The zero-order valence-electron chi connectivity index (χ0n) is 18.1. The maximum absolute atomic E-state index is 12.4. The van der Waals surface area contributed by atoms with Crippen LogP contribution in [0.3, 0.4) is 0 Å². The lowest BCUT2D eigenvalue weighted by Gasteiger charge is -2.09. The predicted octanol–water partition coefficient (Wildman–Crippen LogP) is 3.55. The van der Waals surface area contributed by atoms with Gasteiger partial charge in [-0.25, -0.2) is 0 Å². The summed E-state index contributed by atoms with van der Waals surface area (Å²) in [7, 11) is 3.17. The number of carbonyl (C=O) groups excluding carboxylic acids is 1. The van der Waals surface area contributed by atoms with E-state index in [9.17, 15) is 4.79 Å². The first-order chi connectivity index (χ1) is 15.6. The molecule has 0 amide bonds. The minimum absolute atomic E-state index is 0.161. The molecule has 2 fully saturated rings. The number of ether oxygens (including phenoxy) is 6. The third-order valence-corrected chi connectivity index (χ3v) is 4.94. The normalized spacial score (nSPS) is 19.2. The van der Waals surface area contributed by atoms with E-state index in [0.717, 1.165) is 24.3 Å². The Morgan fingerprint density at radius 1 is 0.844 bits per heavy atom. The van der Waals surface area contributed by atoms with Crippen molar-refractivity contribution < 1.29 is 33.2 Å². The number of hydrogen-bond donors (Lipinski definition) is 0. The molecule has 32 heavy (non-hydrogen) atoms. The molecule has 0 N–H and O–H groups in total. The Labute approximate surface area is 187 Å². The van der Waals surface area contributed by atoms with Gasteiger partial charge in [0.1, 0.15) is 48.4 Å². The second kappa shape index (κ2) is 10.3. The van der Waals surface area contributed by atoms with Crippen LogP contribution in [0, 0.1) is 0 Å². The first-order valence-electron chi connectivity index (χ1n) is 10.4. The molecule has 2 aromatic rings. The van der Waals surface area contributed by atoms with E-state index < -0.39 is 0 Å². The number of carbonyl (C=O) groups is 1. The van der Waals surface area contributed by atoms with Crippen molar-refractivity contribution in [1.82, 2.24) is 0 Å². The van der Waals surface area contributed by atoms with Gasteiger partial charge >= 0.3 is 0 Å². The average Bonchev–Trinajstić information content (AvgIpc) is 3.74. The van der Waals surface area contributed by atoms with Gasteiger partial charge in [-0.2, -0.15) is 0 Å². The van der Waals surface area contributed by atoms with Crippen molar-refractivity contribution >= 4 is 17.9 Å². The van der Waals surface area contributed by atoms with Crippen LogP contribution in [0.25, 0.3) is 12.2 Å². The van der Waals surface area contributed by atoms with Gasteiger partial charge in [-0.15, -0.1) is 0 Å². The van der Waals surface area contributed by atoms with E-state index in [2.05, 4.69) is 0 Å². The quantitative estimate of drug-likeness (QED) is 0.370. The molecule has 2 aromatic carbocycles. The van der Waals surface area contributed by atoms with Gasteiger partial charge in [0.15, 0.2) is 5.78 Å². The second-order valence-corrected chi connectivity index (χ2v) is 7.41. The second-order valence-electron chi connectivity index (χ2n) is 7.41. The maximum atomic E-state index is 12.4. The lowest BCUT2D eigenvalue weighted by molar-refractivity contribution is -0.110. The number of benzene rings is 2. The molecule has 4 rings (SSSR count). The number of ketones is 1. The van der Waals surface area contributed by atoms with Crippen LogP contribution in [0.1, 0.15) is 11.1 Å². The minimum atomic E-state index is -0.161. The molecule has 2 aliphatic rings. The SMILES string of the molecule is COc1cc(OCC2CO2)ccc1C=CC(=O)C=Cc1ccc(OCC2CO2)cc1OC. The van der Waals surface area contributed by atoms with Crippen molar-refractivity contribution in [3.8, 4) is 23.0 Å². The molecule has 2 heterocycles. The summed E-state index contributed by atoms with van der Waals surface area (Å²) in [5.41, 5.74) is 1.56. The fraction of sp³-hybridized carbons (Fsp3) is 0.320. The van der Waals surface area contributed by atoms with Crippen LogP contribution in [0.4, 0.5) is 0 Å². The standard InChI is InChI=1S/C25H26O7/c1-27-24-11-20(29-13-22-15-31-22)9-5-17(24)3-7-19(26)8-4-18-6-10-21(12-25(18)28-2)30-14-23-16-32-23/h3-12,22-23H,13-16H2,1-2H3. The number of epoxide rings is 2. The molecule has 0 aliphatic carbocycles. The molecule has 2 unspecified atom stereocenters. The average molecular weight is 438 g/mol. The summed E-state index contributed by atoms with van der Waals surface area (Å²) in [5.74, 6) is 2.49. The number of methoxy groups -OCH3 is 2. The molecule has 2 saturated heterocycles. The van der Waals surface area contributed by atoms with Gasteiger partial charge in [0.25, 0.3) is 0 Å². The molecule has 168 valence electrons. The van der Waals surface area contributed by atoms with Crippen molar-refractivity contribution in [2.45, 2.75) is 12.2 Å². The van der Waals surface area contributed by atoms with Gasteiger partial charge in [-0.3, -0.25) is 4.79 Å². The minimum Gasteiger partial charge on any atom is -0.496 e. The molecule has 7 heteroatoms. The largest absolute Gasteiger partial charge is 0.496 e. The smallest absolute Gasteiger partial charge is 0.178 e. The highest BCUT2D eigenvalue weighted by Crippen LogP contribution is 2.28. The molecule has 0 bridgehead atoms. The Balaban J connectivity index is 1.36. The van der Waals surface area contributed by atoms with Gasteiger partial charge in [0, 0.05) is 23.3 Å². The van der Waals surface area contributed by atoms with E-state index in [0.29, 0.717) is 36.2 Å². The summed E-state index contributed by atoms with van der Waals surface area (Å²) < 4.78 is 32.5. The van der Waals surface area contributed by atoms with Gasteiger partial charge in [-0.1, -0.05) is 0 Å². The highest BCUT2D eigenvalue weighted by Gasteiger charge is 2.23. The van der Waals surface area contributed by atoms with Crippen LogP contribution < -0.4 is 18.9 Å². The highest BCUT2D eigenvalue weighted by atomic mass is 16.6. The van der Waals surface area contributed by atoms with Crippen LogP contribution in [-0.2, 0) is 14.3 Å². The molecule has 2 aliphatic heterocycles. The van der Waals surface area contributed by atoms with Crippen LogP contribution >= 0.6 is 0 Å². The van der Waals surface area contributed by atoms with Crippen LogP contribution in [0.2, 0.25) is 0 Å². The molecule has 0 spiro atoms. The highest BCUT2D eigenvalue weighted by molar-refractivity contribution is 6.04. The molecule has 0 radical (unpaired) electrons. The van der Waals surface area contributed by atoms with Gasteiger partial charge < -0.3 is 28.4 Å². The van der Waals surface area contributed by atoms with E-state index in [1.54, 1.807) is 38.5 Å². The topological polar surface area (TPSA) is 79.1 Å². The first kappa shape index (κ1) is 21.9. The van der Waals surface area contributed by atoms with E-state index >= 15 is 0 Å². The third-order valence-electron chi connectivity index (χ3n) is 4.94. The monoisotopic (exact) mass is 438 g/mol. The van der Waals surface area contributed by atoms with E-state index in [-0.39, 0.29) is 18.0 Å². The van der Waals surface area contributed by atoms with Crippen molar-refractivity contribution in [2.24, 2.45) is 0 Å². The summed E-state index contributed by atoms with van der Waals surface area (Å²) >= 11 is 0. The number of allylic oxidation sites excluding steroid dienone is 2. The summed E-state index contributed by atoms with van der Waals surface area (Å²) in [5, 5.41) is 0. The number of rotatable bonds is 12. The first-order valence-corrected chi connectivity index (χ1v) is 10.4. The summed E-state index contributed by atoms with van der Waals surface area (Å²) in [4.78, 5) is 12.4. The van der Waals surface area contributed by atoms with Crippen LogP contribution in [0.5, 0.6) is 23.0 Å². The molecule has 7 nitrogen and oxygen atoms in total. The fourth-order valence-corrected chi connectivity index (χ4v) is 2.94. The van der Waals surface area contributed by atoms with E-state index in [4.69, 9.17) is 28.4 Å². The van der Waals surface area contributed by atoms with Crippen molar-refractivity contribution in [1.29, 1.82) is 0 Å². The molecular formula is C25H26O7. The summed E-state index contributed by atoms with van der Waals surface area (Å²) in [6.45, 7) is 2.53. The fourth-order valence-electron chi connectivity index (χ4n) is 2.94. The van der Waals surface area contributed by atoms with Gasteiger partial charge in [0.05, 0.1) is 27.4 Å². The van der Waals surface area contributed by atoms with Gasteiger partial charge in [-0.05, 0) is 48.6 Å². The lowest BCUT2D eigenvalue weighted by Crippen LogP contribution is -2.04. The maximum Gasteiger partial charge on any atom is 0.178 e. The Hall–Kier alpha value is -3.29. The Bertz CT molecular complexity index is 924. The Morgan fingerprint density at radius 2 is 1.28 bits per heavy atom. The van der Waals surface area contributed by atoms with Crippen molar-refractivity contribution in [3.05, 3.63) is 59.7 Å². The van der Waals surface area contributed by atoms with E-state index in [1.165, 1.54) is 12.2 Å². The lowest BCUT2D eigenvalue weighted by atomic mass is 10.1. The number of hydrogen-bond acceptors (Lipinski definition) is 7. The zero-order valence-corrected chi connectivity index (χ0v) is 18.1. The van der Waals surface area contributed by atoms with Crippen molar-refractivity contribution in [3.63, 3.8) is 0 Å². The van der Waals surface area contributed by atoms with Gasteiger partial charge in [0.2, 0.25) is 0 Å².